The van der Waals surface area contributed by atoms with Crippen molar-refractivity contribution in [3.05, 3.63) is 6.33 Å². The Hall–Kier alpha value is -1.96. The molecule has 4 atom stereocenters. The predicted octanol–water partition coefficient (Wildman–Crippen LogP) is -0.379. The van der Waals surface area contributed by atoms with E-state index in [-0.39, 0.29) is 24.1 Å². The molecule has 1 aromatic heterocycles. The zero-order valence-corrected chi connectivity index (χ0v) is 9.37. The van der Waals surface area contributed by atoms with Crippen molar-refractivity contribution in [3.8, 4) is 0 Å². The molecule has 2 bridgehead atoms. The number of carbonyl (C=O) groups excluding carboxylic acids is 1. The average molecular weight is 252 g/mol. The van der Waals surface area contributed by atoms with Crippen molar-refractivity contribution >= 4 is 17.8 Å². The highest BCUT2D eigenvalue weighted by molar-refractivity contribution is 5.95. The molecule has 3 heterocycles. The predicted molar refractivity (Wildman–Crippen MR) is 57.5 cm³/mol. The van der Waals surface area contributed by atoms with Crippen molar-refractivity contribution in [1.29, 1.82) is 0 Å². The average Bonchev–Trinajstić information content (AvgIpc) is 3.03. The summed E-state index contributed by atoms with van der Waals surface area (Å²) in [5.41, 5.74) is 0. The summed E-state index contributed by atoms with van der Waals surface area (Å²) in [5, 5.41) is 17.8. The van der Waals surface area contributed by atoms with Crippen molar-refractivity contribution in [1.82, 2.24) is 15.2 Å². The Morgan fingerprint density at radius 2 is 2.11 bits per heavy atom. The summed E-state index contributed by atoms with van der Waals surface area (Å²) < 4.78 is 5.51. The number of nitrogens with one attached hydrogen (secondary N) is 2. The third-order valence-corrected chi connectivity index (χ3v) is 3.52. The van der Waals surface area contributed by atoms with Gasteiger partial charge >= 0.3 is 5.97 Å². The van der Waals surface area contributed by atoms with Gasteiger partial charge < -0.3 is 9.84 Å². The molecular weight excluding hydrogens is 240 g/mol. The van der Waals surface area contributed by atoms with Crippen LogP contribution >= 0.6 is 0 Å². The standard InChI is InChI=1S/C10H12N4O4/c15-8(13-10-11-3-12-14-10)6-4-1-2-5(18-4)7(6)9(16)17/h3-7H,1-2H2,(H,16,17)(H2,11,12,13,14,15). The van der Waals surface area contributed by atoms with E-state index < -0.39 is 17.8 Å². The van der Waals surface area contributed by atoms with Gasteiger partial charge in [-0.05, 0) is 12.8 Å². The third-order valence-electron chi connectivity index (χ3n) is 3.52. The summed E-state index contributed by atoms with van der Waals surface area (Å²) in [6.07, 6.45) is 2.04. The van der Waals surface area contributed by atoms with Crippen LogP contribution in [0.5, 0.6) is 0 Å². The maximum absolute atomic E-state index is 12.1. The monoisotopic (exact) mass is 252 g/mol. The zero-order chi connectivity index (χ0) is 12.7. The van der Waals surface area contributed by atoms with Crippen LogP contribution in [0.3, 0.4) is 0 Å². The SMILES string of the molecule is O=C(O)C1C2CCC(O2)C1C(=O)Nc1ncn[nH]1. The van der Waals surface area contributed by atoms with Crippen LogP contribution in [0.1, 0.15) is 12.8 Å². The number of carboxylic acid groups (broad SMARTS) is 1. The molecule has 3 rings (SSSR count). The first kappa shape index (κ1) is 11.1. The summed E-state index contributed by atoms with van der Waals surface area (Å²) in [6, 6.07) is 0. The molecule has 96 valence electrons. The van der Waals surface area contributed by atoms with Gasteiger partial charge in [-0.2, -0.15) is 10.1 Å². The molecule has 4 unspecified atom stereocenters. The smallest absolute Gasteiger partial charge is 0.310 e. The number of aromatic nitrogens is 3. The highest BCUT2D eigenvalue weighted by Crippen LogP contribution is 2.43. The molecular formula is C10H12N4O4. The Morgan fingerprint density at radius 3 is 2.72 bits per heavy atom. The van der Waals surface area contributed by atoms with Crippen LogP contribution in [0.2, 0.25) is 0 Å². The molecule has 8 nitrogen and oxygen atoms in total. The van der Waals surface area contributed by atoms with Gasteiger partial charge in [-0.25, -0.2) is 5.10 Å². The maximum Gasteiger partial charge on any atom is 0.310 e. The second-order valence-corrected chi connectivity index (χ2v) is 4.50. The number of aliphatic carboxylic acids is 1. The van der Waals surface area contributed by atoms with E-state index in [2.05, 4.69) is 20.5 Å². The molecule has 2 aliphatic rings. The normalized spacial score (nSPS) is 33.6. The van der Waals surface area contributed by atoms with Gasteiger partial charge in [0.25, 0.3) is 0 Å². The second-order valence-electron chi connectivity index (χ2n) is 4.50. The van der Waals surface area contributed by atoms with E-state index in [0.29, 0.717) is 6.42 Å². The first-order valence-electron chi connectivity index (χ1n) is 5.71. The van der Waals surface area contributed by atoms with Crippen LogP contribution in [0.4, 0.5) is 5.95 Å². The molecule has 0 radical (unpaired) electrons. The summed E-state index contributed by atoms with van der Waals surface area (Å²) in [7, 11) is 0. The fraction of sp³-hybridized carbons (Fsp3) is 0.600. The number of hydrogen-bond donors (Lipinski definition) is 3. The van der Waals surface area contributed by atoms with Crippen molar-refractivity contribution in [2.45, 2.75) is 25.0 Å². The van der Waals surface area contributed by atoms with Gasteiger partial charge in [-0.3, -0.25) is 14.9 Å². The van der Waals surface area contributed by atoms with Gasteiger partial charge in [0, 0.05) is 0 Å². The van der Waals surface area contributed by atoms with E-state index in [1.165, 1.54) is 6.33 Å². The Bertz CT molecular complexity index is 474. The zero-order valence-electron chi connectivity index (χ0n) is 9.37. The highest BCUT2D eigenvalue weighted by Gasteiger charge is 2.55. The lowest BCUT2D eigenvalue weighted by molar-refractivity contribution is -0.147. The van der Waals surface area contributed by atoms with E-state index in [4.69, 9.17) is 4.74 Å². The molecule has 0 spiro atoms. The van der Waals surface area contributed by atoms with E-state index >= 15 is 0 Å². The number of carboxylic acids is 1. The van der Waals surface area contributed by atoms with Crippen LogP contribution in [0.15, 0.2) is 6.33 Å². The molecule has 8 heteroatoms. The molecule has 1 amide bonds. The lowest BCUT2D eigenvalue weighted by atomic mass is 9.79. The van der Waals surface area contributed by atoms with E-state index in [0.717, 1.165) is 6.42 Å². The fourth-order valence-corrected chi connectivity index (χ4v) is 2.79. The van der Waals surface area contributed by atoms with Gasteiger partial charge in [0.15, 0.2) is 0 Å². The molecule has 3 N–H and O–H groups in total. The summed E-state index contributed by atoms with van der Waals surface area (Å²) >= 11 is 0. The highest BCUT2D eigenvalue weighted by atomic mass is 16.5. The van der Waals surface area contributed by atoms with Gasteiger partial charge in [0.1, 0.15) is 6.33 Å². The van der Waals surface area contributed by atoms with Crippen molar-refractivity contribution in [2.24, 2.45) is 11.8 Å². The second kappa shape index (κ2) is 4.05. The van der Waals surface area contributed by atoms with Gasteiger partial charge in [-0.15, -0.1) is 0 Å². The Morgan fingerprint density at radius 1 is 1.39 bits per heavy atom. The first-order chi connectivity index (χ1) is 8.66. The maximum atomic E-state index is 12.1. The molecule has 2 aliphatic heterocycles. The number of ether oxygens (including phenoxy) is 1. The minimum Gasteiger partial charge on any atom is -0.481 e. The largest absolute Gasteiger partial charge is 0.481 e. The van der Waals surface area contributed by atoms with E-state index in [1.807, 2.05) is 0 Å². The van der Waals surface area contributed by atoms with Gasteiger partial charge in [0.05, 0.1) is 24.0 Å². The summed E-state index contributed by atoms with van der Waals surface area (Å²) in [5.74, 6) is -2.59. The molecule has 2 fully saturated rings. The van der Waals surface area contributed by atoms with Crippen molar-refractivity contribution in [3.63, 3.8) is 0 Å². The number of carbonyl (C=O) groups is 2. The number of fused-ring (bicyclic) bond motifs is 2. The minimum atomic E-state index is -0.986. The number of anilines is 1. The van der Waals surface area contributed by atoms with Crippen LogP contribution < -0.4 is 5.32 Å². The lowest BCUT2D eigenvalue weighted by Gasteiger charge is -2.23. The third kappa shape index (κ3) is 1.65. The fourth-order valence-electron chi connectivity index (χ4n) is 2.79. The molecule has 0 aliphatic carbocycles. The van der Waals surface area contributed by atoms with Crippen LogP contribution in [-0.4, -0.2) is 44.4 Å². The summed E-state index contributed by atoms with van der Waals surface area (Å²) in [4.78, 5) is 27.1. The molecule has 1 aromatic rings. The first-order valence-corrected chi connectivity index (χ1v) is 5.71. The number of aromatic amines is 1. The van der Waals surface area contributed by atoms with Crippen LogP contribution in [0.25, 0.3) is 0 Å². The Labute approximate surface area is 102 Å². The topological polar surface area (TPSA) is 117 Å². The number of amides is 1. The molecule has 2 saturated heterocycles. The van der Waals surface area contributed by atoms with Crippen molar-refractivity contribution in [2.75, 3.05) is 5.32 Å². The van der Waals surface area contributed by atoms with Crippen LogP contribution in [0, 0.1) is 11.8 Å². The minimum absolute atomic E-state index is 0.215. The van der Waals surface area contributed by atoms with Gasteiger partial charge in [-0.1, -0.05) is 0 Å². The van der Waals surface area contributed by atoms with Gasteiger partial charge in [0.2, 0.25) is 11.9 Å². The number of nitrogens with zero attached hydrogens (tertiary/aromatic N) is 2. The number of hydrogen-bond acceptors (Lipinski definition) is 5. The number of H-pyrrole nitrogens is 1. The quantitative estimate of drug-likeness (QED) is 0.675. The number of rotatable bonds is 3. The Balaban J connectivity index is 1.78. The molecule has 0 saturated carbocycles. The van der Waals surface area contributed by atoms with Crippen molar-refractivity contribution < 1.29 is 19.4 Å². The molecule has 18 heavy (non-hydrogen) atoms. The Kier molecular flexibility index (Phi) is 2.51. The molecule has 0 aromatic carbocycles. The lowest BCUT2D eigenvalue weighted by Crippen LogP contribution is -2.41. The van der Waals surface area contributed by atoms with E-state index in [1.54, 1.807) is 0 Å². The van der Waals surface area contributed by atoms with Crippen LogP contribution in [-0.2, 0) is 14.3 Å². The summed E-state index contributed by atoms with van der Waals surface area (Å²) in [6.45, 7) is 0. The van der Waals surface area contributed by atoms with E-state index in [9.17, 15) is 14.7 Å².